The SMILES string of the molecule is Cc1nc2ccc(NC(=O)Nc3cccc(Cl)c3)cc2c(=O)n1Cc1ccc(Cl)cc1. The molecule has 6 nitrogen and oxygen atoms in total. The molecule has 3 aromatic carbocycles. The van der Waals surface area contributed by atoms with Gasteiger partial charge in [0.1, 0.15) is 5.82 Å². The predicted molar refractivity (Wildman–Crippen MR) is 125 cm³/mol. The highest BCUT2D eigenvalue weighted by molar-refractivity contribution is 6.31. The molecule has 0 saturated carbocycles. The summed E-state index contributed by atoms with van der Waals surface area (Å²) in [6, 6.07) is 18.7. The van der Waals surface area contributed by atoms with Crippen LogP contribution >= 0.6 is 23.2 Å². The maximum absolute atomic E-state index is 13.1. The summed E-state index contributed by atoms with van der Waals surface area (Å²) in [6.07, 6.45) is 0. The van der Waals surface area contributed by atoms with Gasteiger partial charge in [0, 0.05) is 21.4 Å². The van der Waals surface area contributed by atoms with Gasteiger partial charge < -0.3 is 10.6 Å². The normalized spacial score (nSPS) is 10.8. The Morgan fingerprint density at radius 1 is 0.935 bits per heavy atom. The van der Waals surface area contributed by atoms with Crippen molar-refractivity contribution >= 4 is 51.5 Å². The van der Waals surface area contributed by atoms with Gasteiger partial charge in [0.15, 0.2) is 0 Å². The first-order valence-electron chi connectivity index (χ1n) is 9.48. The summed E-state index contributed by atoms with van der Waals surface area (Å²) in [6.45, 7) is 2.17. The van der Waals surface area contributed by atoms with Crippen LogP contribution in [-0.2, 0) is 6.54 Å². The number of benzene rings is 3. The molecule has 0 radical (unpaired) electrons. The number of rotatable bonds is 4. The Labute approximate surface area is 188 Å². The number of amides is 2. The second-order valence-electron chi connectivity index (χ2n) is 7.00. The third-order valence-electron chi connectivity index (χ3n) is 4.74. The lowest BCUT2D eigenvalue weighted by atomic mass is 10.2. The minimum atomic E-state index is -0.442. The molecule has 2 amide bonds. The summed E-state index contributed by atoms with van der Waals surface area (Å²) in [5.74, 6) is 0.604. The highest BCUT2D eigenvalue weighted by Crippen LogP contribution is 2.18. The third-order valence-corrected chi connectivity index (χ3v) is 5.23. The summed E-state index contributed by atoms with van der Waals surface area (Å²) in [4.78, 5) is 30.0. The Balaban J connectivity index is 1.61. The second-order valence-corrected chi connectivity index (χ2v) is 7.87. The fraction of sp³-hybridized carbons (Fsp3) is 0.0870. The molecule has 0 spiro atoms. The van der Waals surface area contributed by atoms with E-state index >= 15 is 0 Å². The molecule has 2 N–H and O–H groups in total. The fourth-order valence-corrected chi connectivity index (χ4v) is 3.54. The number of hydrogen-bond donors (Lipinski definition) is 2. The van der Waals surface area contributed by atoms with Crippen LogP contribution in [0.4, 0.5) is 16.2 Å². The first kappa shape index (κ1) is 20.9. The van der Waals surface area contributed by atoms with E-state index in [1.54, 1.807) is 66.1 Å². The third kappa shape index (κ3) is 4.87. The van der Waals surface area contributed by atoms with Crippen molar-refractivity contribution in [1.29, 1.82) is 0 Å². The van der Waals surface area contributed by atoms with Crippen molar-refractivity contribution < 1.29 is 4.79 Å². The molecule has 0 aliphatic heterocycles. The van der Waals surface area contributed by atoms with Crippen LogP contribution in [0.3, 0.4) is 0 Å². The molecule has 0 saturated heterocycles. The van der Waals surface area contributed by atoms with Gasteiger partial charge in [0.25, 0.3) is 5.56 Å². The number of hydrogen-bond acceptors (Lipinski definition) is 3. The molecule has 4 rings (SSSR count). The van der Waals surface area contributed by atoms with Gasteiger partial charge in [0.05, 0.1) is 17.4 Å². The highest BCUT2D eigenvalue weighted by atomic mass is 35.5. The zero-order chi connectivity index (χ0) is 22.0. The number of anilines is 2. The molecule has 31 heavy (non-hydrogen) atoms. The van der Waals surface area contributed by atoms with Crippen molar-refractivity contribution in [3.63, 3.8) is 0 Å². The van der Waals surface area contributed by atoms with Crippen LogP contribution in [0.15, 0.2) is 71.5 Å². The summed E-state index contributed by atoms with van der Waals surface area (Å²) in [7, 11) is 0. The molecule has 0 bridgehead atoms. The van der Waals surface area contributed by atoms with Crippen LogP contribution in [0, 0.1) is 6.92 Å². The Morgan fingerprint density at radius 2 is 1.65 bits per heavy atom. The monoisotopic (exact) mass is 452 g/mol. The predicted octanol–water partition coefficient (Wildman–Crippen LogP) is 5.70. The van der Waals surface area contributed by atoms with E-state index in [2.05, 4.69) is 15.6 Å². The first-order valence-corrected chi connectivity index (χ1v) is 10.2. The molecule has 156 valence electrons. The summed E-state index contributed by atoms with van der Waals surface area (Å²) >= 11 is 11.9. The smallest absolute Gasteiger partial charge is 0.308 e. The van der Waals surface area contributed by atoms with Crippen LogP contribution < -0.4 is 16.2 Å². The Bertz CT molecular complexity index is 1330. The lowest BCUT2D eigenvalue weighted by molar-refractivity contribution is 0.262. The molecule has 0 aliphatic rings. The van der Waals surface area contributed by atoms with E-state index in [9.17, 15) is 9.59 Å². The van der Waals surface area contributed by atoms with Crippen molar-refractivity contribution in [2.45, 2.75) is 13.5 Å². The number of nitrogens with zero attached hydrogens (tertiary/aromatic N) is 2. The molecule has 8 heteroatoms. The summed E-state index contributed by atoms with van der Waals surface area (Å²) in [5.41, 5.74) is 2.36. The molecular weight excluding hydrogens is 435 g/mol. The Kier molecular flexibility index (Phi) is 5.93. The highest BCUT2D eigenvalue weighted by Gasteiger charge is 2.11. The zero-order valence-corrected chi connectivity index (χ0v) is 18.0. The lowest BCUT2D eigenvalue weighted by Crippen LogP contribution is -2.25. The van der Waals surface area contributed by atoms with Gasteiger partial charge >= 0.3 is 6.03 Å². The first-order chi connectivity index (χ1) is 14.9. The molecule has 0 fully saturated rings. The van der Waals surface area contributed by atoms with E-state index in [4.69, 9.17) is 23.2 Å². The number of urea groups is 1. The van der Waals surface area contributed by atoms with E-state index in [1.165, 1.54) is 0 Å². The number of halogens is 2. The molecule has 0 atom stereocenters. The van der Waals surface area contributed by atoms with E-state index < -0.39 is 6.03 Å². The van der Waals surface area contributed by atoms with Gasteiger partial charge in [-0.1, -0.05) is 41.4 Å². The van der Waals surface area contributed by atoms with Gasteiger partial charge in [-0.25, -0.2) is 9.78 Å². The topological polar surface area (TPSA) is 76.0 Å². The average molecular weight is 453 g/mol. The van der Waals surface area contributed by atoms with Gasteiger partial charge in [-0.2, -0.15) is 0 Å². The van der Waals surface area contributed by atoms with Crippen molar-refractivity contribution in [3.05, 3.63) is 98.5 Å². The average Bonchev–Trinajstić information content (AvgIpc) is 2.73. The van der Waals surface area contributed by atoms with E-state index in [-0.39, 0.29) is 5.56 Å². The number of carbonyl (C=O) groups excluding carboxylic acids is 1. The minimum Gasteiger partial charge on any atom is -0.308 e. The quantitative estimate of drug-likeness (QED) is 0.416. The second kappa shape index (κ2) is 8.79. The van der Waals surface area contributed by atoms with Gasteiger partial charge in [-0.15, -0.1) is 0 Å². The largest absolute Gasteiger partial charge is 0.323 e. The number of fused-ring (bicyclic) bond motifs is 1. The van der Waals surface area contributed by atoms with Crippen LogP contribution in [0.2, 0.25) is 10.0 Å². The maximum atomic E-state index is 13.1. The molecule has 1 aromatic heterocycles. The summed E-state index contributed by atoms with van der Waals surface area (Å²) < 4.78 is 1.60. The zero-order valence-electron chi connectivity index (χ0n) is 16.5. The number of nitrogens with one attached hydrogen (secondary N) is 2. The standard InChI is InChI=1S/C23H18Cl2N4O2/c1-14-26-21-10-9-19(28-23(31)27-18-4-2-3-17(25)11-18)12-20(21)22(30)29(14)13-15-5-7-16(24)8-6-15/h2-12H,13H2,1H3,(H2,27,28,31). The molecule has 4 aromatic rings. The van der Waals surface area contributed by atoms with Gasteiger partial charge in [-0.05, 0) is 61.0 Å². The van der Waals surface area contributed by atoms with Crippen LogP contribution in [0.25, 0.3) is 10.9 Å². The number of carbonyl (C=O) groups is 1. The fourth-order valence-electron chi connectivity index (χ4n) is 3.23. The van der Waals surface area contributed by atoms with E-state index in [0.29, 0.717) is 44.7 Å². The van der Waals surface area contributed by atoms with Crippen molar-refractivity contribution in [3.8, 4) is 0 Å². The van der Waals surface area contributed by atoms with E-state index in [1.807, 2.05) is 12.1 Å². The maximum Gasteiger partial charge on any atom is 0.323 e. The van der Waals surface area contributed by atoms with Gasteiger partial charge in [0.2, 0.25) is 0 Å². The van der Waals surface area contributed by atoms with Crippen molar-refractivity contribution in [2.24, 2.45) is 0 Å². The van der Waals surface area contributed by atoms with Crippen molar-refractivity contribution in [2.75, 3.05) is 10.6 Å². The Morgan fingerprint density at radius 3 is 2.35 bits per heavy atom. The van der Waals surface area contributed by atoms with Crippen LogP contribution in [-0.4, -0.2) is 15.6 Å². The van der Waals surface area contributed by atoms with Crippen LogP contribution in [0.5, 0.6) is 0 Å². The molecule has 1 heterocycles. The summed E-state index contributed by atoms with van der Waals surface area (Å²) in [5, 5.41) is 7.01. The molecule has 0 aliphatic carbocycles. The molecule has 0 unspecified atom stereocenters. The lowest BCUT2D eigenvalue weighted by Gasteiger charge is -2.12. The van der Waals surface area contributed by atoms with Gasteiger partial charge in [-0.3, -0.25) is 9.36 Å². The molecular formula is C23H18Cl2N4O2. The Hall–Kier alpha value is -3.35. The number of aromatic nitrogens is 2. The minimum absolute atomic E-state index is 0.184. The van der Waals surface area contributed by atoms with Crippen LogP contribution in [0.1, 0.15) is 11.4 Å². The van der Waals surface area contributed by atoms with E-state index in [0.717, 1.165) is 5.56 Å². The van der Waals surface area contributed by atoms with Crippen molar-refractivity contribution in [1.82, 2.24) is 9.55 Å². The number of aryl methyl sites for hydroxylation is 1.